The van der Waals surface area contributed by atoms with Crippen molar-refractivity contribution in [1.82, 2.24) is 10.2 Å². The van der Waals surface area contributed by atoms with Gasteiger partial charge in [0.1, 0.15) is 0 Å². The van der Waals surface area contributed by atoms with Gasteiger partial charge in [-0.2, -0.15) is 0 Å². The van der Waals surface area contributed by atoms with E-state index in [4.69, 9.17) is 9.84 Å². The molecule has 0 bridgehead atoms. The van der Waals surface area contributed by atoms with Crippen molar-refractivity contribution in [3.63, 3.8) is 0 Å². The van der Waals surface area contributed by atoms with Crippen LogP contribution < -0.4 is 5.32 Å². The minimum absolute atomic E-state index is 0.00327. The Morgan fingerprint density at radius 1 is 1.43 bits per heavy atom. The lowest BCUT2D eigenvalue weighted by Crippen LogP contribution is -2.39. The largest absolute Gasteiger partial charge is 0.395 e. The highest BCUT2D eigenvalue weighted by molar-refractivity contribution is 5.75. The number of morpholine rings is 1. The summed E-state index contributed by atoms with van der Waals surface area (Å²) < 4.78 is 5.20. The van der Waals surface area contributed by atoms with Gasteiger partial charge in [0.15, 0.2) is 0 Å². The van der Waals surface area contributed by atoms with Crippen molar-refractivity contribution >= 4 is 5.91 Å². The molecule has 1 amide bonds. The van der Waals surface area contributed by atoms with Crippen molar-refractivity contribution in [2.75, 3.05) is 46.0 Å². The van der Waals surface area contributed by atoms with Gasteiger partial charge in [-0.05, 0) is 0 Å². The summed E-state index contributed by atoms with van der Waals surface area (Å²) >= 11 is 0. The number of nitrogens with zero attached hydrogens (tertiary/aromatic N) is 1. The predicted octanol–water partition coefficient (Wildman–Crippen LogP) is -1.18. The molecule has 5 nitrogen and oxygen atoms in total. The number of hydrogen-bond acceptors (Lipinski definition) is 4. The molecule has 0 aromatic heterocycles. The van der Waals surface area contributed by atoms with E-state index >= 15 is 0 Å². The van der Waals surface area contributed by atoms with Crippen molar-refractivity contribution < 1.29 is 14.6 Å². The summed E-state index contributed by atoms with van der Waals surface area (Å²) in [5.41, 5.74) is 0. The molecule has 0 radical (unpaired) electrons. The van der Waals surface area contributed by atoms with E-state index in [1.165, 1.54) is 0 Å². The summed E-state index contributed by atoms with van der Waals surface area (Å²) in [6, 6.07) is 0. The molecule has 5 heteroatoms. The lowest BCUT2D eigenvalue weighted by molar-refractivity contribution is -0.121. The van der Waals surface area contributed by atoms with Crippen LogP contribution in [0.1, 0.15) is 6.42 Å². The third-order valence-electron chi connectivity index (χ3n) is 2.19. The lowest BCUT2D eigenvalue weighted by atomic mass is 10.3. The fourth-order valence-electron chi connectivity index (χ4n) is 1.37. The molecule has 1 aliphatic heterocycles. The molecule has 0 saturated carbocycles. The van der Waals surface area contributed by atoms with Crippen LogP contribution in [0.4, 0.5) is 0 Å². The Morgan fingerprint density at radius 2 is 2.14 bits per heavy atom. The van der Waals surface area contributed by atoms with Crippen LogP contribution in [0.25, 0.3) is 0 Å². The smallest absolute Gasteiger partial charge is 0.221 e. The minimum Gasteiger partial charge on any atom is -0.395 e. The number of carbonyl (C=O) groups excluding carboxylic acids is 1. The van der Waals surface area contributed by atoms with Crippen molar-refractivity contribution in [2.45, 2.75) is 6.42 Å². The maximum Gasteiger partial charge on any atom is 0.221 e. The molecule has 14 heavy (non-hydrogen) atoms. The first-order chi connectivity index (χ1) is 6.83. The van der Waals surface area contributed by atoms with Crippen LogP contribution >= 0.6 is 0 Å². The number of nitrogens with one attached hydrogen (secondary N) is 1. The quantitative estimate of drug-likeness (QED) is 0.589. The van der Waals surface area contributed by atoms with Gasteiger partial charge in [0.25, 0.3) is 0 Å². The fourth-order valence-corrected chi connectivity index (χ4v) is 1.37. The highest BCUT2D eigenvalue weighted by Crippen LogP contribution is 1.97. The highest BCUT2D eigenvalue weighted by Gasteiger charge is 2.11. The average molecular weight is 202 g/mol. The molecule has 1 rings (SSSR count). The second-order valence-electron chi connectivity index (χ2n) is 3.28. The molecule has 0 aromatic carbocycles. The van der Waals surface area contributed by atoms with Crippen LogP contribution in [0, 0.1) is 0 Å². The first-order valence-corrected chi connectivity index (χ1v) is 5.00. The summed E-state index contributed by atoms with van der Waals surface area (Å²) in [4.78, 5) is 13.4. The van der Waals surface area contributed by atoms with Crippen molar-refractivity contribution in [3.05, 3.63) is 0 Å². The van der Waals surface area contributed by atoms with E-state index in [9.17, 15) is 4.79 Å². The highest BCUT2D eigenvalue weighted by atomic mass is 16.5. The fraction of sp³-hybridized carbons (Fsp3) is 0.889. The van der Waals surface area contributed by atoms with Gasteiger partial charge in [0, 0.05) is 32.6 Å². The van der Waals surface area contributed by atoms with E-state index in [1.54, 1.807) is 0 Å². The Morgan fingerprint density at radius 3 is 2.79 bits per heavy atom. The van der Waals surface area contributed by atoms with Gasteiger partial charge in [-0.3, -0.25) is 9.69 Å². The Bertz CT molecular complexity index is 169. The molecule has 0 atom stereocenters. The zero-order valence-electron chi connectivity index (χ0n) is 8.37. The van der Waals surface area contributed by atoms with Crippen LogP contribution in [-0.4, -0.2) is 61.9 Å². The third-order valence-corrected chi connectivity index (χ3v) is 2.19. The van der Waals surface area contributed by atoms with Crippen molar-refractivity contribution in [1.29, 1.82) is 0 Å². The van der Waals surface area contributed by atoms with Gasteiger partial charge >= 0.3 is 0 Å². The summed E-state index contributed by atoms with van der Waals surface area (Å²) in [7, 11) is 0. The monoisotopic (exact) mass is 202 g/mol. The van der Waals surface area contributed by atoms with Crippen LogP contribution in [0.5, 0.6) is 0 Å². The zero-order valence-corrected chi connectivity index (χ0v) is 8.37. The van der Waals surface area contributed by atoms with Gasteiger partial charge in [0.05, 0.1) is 19.8 Å². The second kappa shape index (κ2) is 6.75. The second-order valence-corrected chi connectivity index (χ2v) is 3.28. The summed E-state index contributed by atoms with van der Waals surface area (Å²) in [6.45, 7) is 4.48. The summed E-state index contributed by atoms with van der Waals surface area (Å²) in [6.07, 6.45) is 0.500. The van der Waals surface area contributed by atoms with E-state index in [1.807, 2.05) is 0 Å². The molecule has 1 aliphatic rings. The van der Waals surface area contributed by atoms with Gasteiger partial charge in [-0.1, -0.05) is 0 Å². The van der Waals surface area contributed by atoms with Crippen LogP contribution in [0.15, 0.2) is 0 Å². The molecule has 82 valence electrons. The zero-order chi connectivity index (χ0) is 10.2. The SMILES string of the molecule is O=C(CCN1CCOCC1)NCCO. The van der Waals surface area contributed by atoms with E-state index < -0.39 is 0 Å². The summed E-state index contributed by atoms with van der Waals surface area (Å²) in [5, 5.41) is 11.1. The molecular formula is C9H18N2O3. The predicted molar refractivity (Wildman–Crippen MR) is 52.0 cm³/mol. The van der Waals surface area contributed by atoms with Crippen molar-refractivity contribution in [2.24, 2.45) is 0 Å². The number of hydrogen-bond donors (Lipinski definition) is 2. The Hall–Kier alpha value is -0.650. The number of carbonyl (C=O) groups is 1. The molecule has 0 unspecified atom stereocenters. The molecule has 0 spiro atoms. The topological polar surface area (TPSA) is 61.8 Å². The standard InChI is InChI=1S/C9H18N2O3/c12-6-2-10-9(13)1-3-11-4-7-14-8-5-11/h12H,1-8H2,(H,10,13). The van der Waals surface area contributed by atoms with Gasteiger partial charge in [0.2, 0.25) is 5.91 Å². The van der Waals surface area contributed by atoms with Crippen LogP contribution in [-0.2, 0) is 9.53 Å². The Labute approximate surface area is 84.0 Å². The van der Waals surface area contributed by atoms with Crippen molar-refractivity contribution in [3.8, 4) is 0 Å². The van der Waals surface area contributed by atoms with Gasteiger partial charge in [-0.15, -0.1) is 0 Å². The molecule has 0 aromatic rings. The maximum atomic E-state index is 11.2. The van der Waals surface area contributed by atoms with Crippen LogP contribution in [0.3, 0.4) is 0 Å². The van der Waals surface area contributed by atoms with Gasteiger partial charge < -0.3 is 15.2 Å². The normalized spacial score (nSPS) is 18.1. The molecule has 2 N–H and O–H groups in total. The number of aliphatic hydroxyl groups excluding tert-OH is 1. The third kappa shape index (κ3) is 4.55. The average Bonchev–Trinajstić information content (AvgIpc) is 2.25. The number of ether oxygens (including phenoxy) is 1. The molecule has 0 aliphatic carbocycles. The summed E-state index contributed by atoms with van der Waals surface area (Å²) in [5.74, 6) is 0.00513. The minimum atomic E-state index is 0.00327. The van der Waals surface area contributed by atoms with E-state index in [0.29, 0.717) is 13.0 Å². The number of amides is 1. The first-order valence-electron chi connectivity index (χ1n) is 5.00. The molecule has 1 heterocycles. The van der Waals surface area contributed by atoms with E-state index in [-0.39, 0.29) is 12.5 Å². The lowest BCUT2D eigenvalue weighted by Gasteiger charge is -2.26. The maximum absolute atomic E-state index is 11.2. The first kappa shape index (κ1) is 11.4. The number of aliphatic hydroxyl groups is 1. The molecular weight excluding hydrogens is 184 g/mol. The van der Waals surface area contributed by atoms with Crippen LogP contribution in [0.2, 0.25) is 0 Å². The molecule has 1 saturated heterocycles. The Kier molecular flexibility index (Phi) is 5.51. The Balaban J connectivity index is 2.03. The van der Waals surface area contributed by atoms with E-state index in [0.717, 1.165) is 32.8 Å². The van der Waals surface area contributed by atoms with Gasteiger partial charge in [-0.25, -0.2) is 0 Å². The van der Waals surface area contributed by atoms with E-state index in [2.05, 4.69) is 10.2 Å². The molecule has 1 fully saturated rings. The number of rotatable bonds is 5.